The minimum Gasteiger partial charge on any atom is -0.478 e. The second kappa shape index (κ2) is 5.20. The van der Waals surface area contributed by atoms with Crippen molar-refractivity contribution in [2.75, 3.05) is 5.75 Å². The van der Waals surface area contributed by atoms with E-state index >= 15 is 0 Å². The van der Waals surface area contributed by atoms with E-state index in [0.717, 1.165) is 18.0 Å². The number of alkyl halides is 3. The molecule has 16 heavy (non-hydrogen) atoms. The molecule has 1 aromatic heterocycles. The summed E-state index contributed by atoms with van der Waals surface area (Å²) < 4.78 is 35.5. The number of thioether (sulfide) groups is 1. The van der Waals surface area contributed by atoms with Gasteiger partial charge in [-0.05, 0) is 12.1 Å². The van der Waals surface area contributed by atoms with Crippen LogP contribution in [0.4, 0.5) is 13.2 Å². The van der Waals surface area contributed by atoms with Gasteiger partial charge in [-0.25, -0.2) is 9.78 Å². The monoisotopic (exact) mass is 251 g/mol. The Bertz CT molecular complexity index is 364. The van der Waals surface area contributed by atoms with Gasteiger partial charge in [-0.1, -0.05) is 0 Å². The molecule has 0 atom stereocenters. The predicted octanol–water partition coefficient (Wildman–Crippen LogP) is 2.82. The summed E-state index contributed by atoms with van der Waals surface area (Å²) in [6.45, 7) is 0. The molecule has 0 aliphatic rings. The summed E-state index contributed by atoms with van der Waals surface area (Å²) in [5.41, 5.74) is 0.0140. The molecule has 0 fully saturated rings. The molecular formula is C9H8F3NO2S. The van der Waals surface area contributed by atoms with E-state index < -0.39 is 18.6 Å². The number of aromatic nitrogens is 1. The Balaban J connectivity index is 2.47. The lowest BCUT2D eigenvalue weighted by Gasteiger charge is -2.05. The van der Waals surface area contributed by atoms with Crippen LogP contribution in [-0.4, -0.2) is 28.0 Å². The second-order valence-corrected chi connectivity index (χ2v) is 4.02. The molecule has 1 heterocycles. The van der Waals surface area contributed by atoms with Gasteiger partial charge in [-0.2, -0.15) is 13.2 Å². The first-order valence-corrected chi connectivity index (χ1v) is 5.26. The van der Waals surface area contributed by atoms with Crippen LogP contribution >= 0.6 is 11.8 Å². The number of hydrogen-bond donors (Lipinski definition) is 1. The fourth-order valence-corrected chi connectivity index (χ4v) is 1.70. The van der Waals surface area contributed by atoms with Crippen LogP contribution < -0.4 is 0 Å². The lowest BCUT2D eigenvalue weighted by atomic mass is 10.3. The Morgan fingerprint density at radius 2 is 2.12 bits per heavy atom. The van der Waals surface area contributed by atoms with E-state index in [0.29, 0.717) is 5.03 Å². The molecule has 0 aromatic carbocycles. The SMILES string of the molecule is O=C(O)c1ccc(SCCC(F)(F)F)nc1. The highest BCUT2D eigenvalue weighted by molar-refractivity contribution is 7.99. The van der Waals surface area contributed by atoms with E-state index in [2.05, 4.69) is 4.98 Å². The molecule has 1 aromatic rings. The van der Waals surface area contributed by atoms with Gasteiger partial charge in [0.15, 0.2) is 0 Å². The van der Waals surface area contributed by atoms with Crippen LogP contribution in [0.2, 0.25) is 0 Å². The van der Waals surface area contributed by atoms with Gasteiger partial charge in [0.2, 0.25) is 0 Å². The molecule has 0 saturated carbocycles. The van der Waals surface area contributed by atoms with Crippen LogP contribution in [0.1, 0.15) is 16.8 Å². The molecule has 1 rings (SSSR count). The van der Waals surface area contributed by atoms with E-state index in [1.54, 1.807) is 0 Å². The van der Waals surface area contributed by atoms with Crippen molar-refractivity contribution in [1.29, 1.82) is 0 Å². The Hall–Kier alpha value is -1.24. The number of hydrogen-bond acceptors (Lipinski definition) is 3. The number of carboxylic acid groups (broad SMARTS) is 1. The van der Waals surface area contributed by atoms with Crippen LogP contribution in [0.3, 0.4) is 0 Å². The summed E-state index contributed by atoms with van der Waals surface area (Å²) in [6, 6.07) is 2.70. The van der Waals surface area contributed by atoms with Crippen LogP contribution in [0.5, 0.6) is 0 Å². The van der Waals surface area contributed by atoms with Gasteiger partial charge in [0.25, 0.3) is 0 Å². The summed E-state index contributed by atoms with van der Waals surface area (Å²) >= 11 is 0.944. The normalized spacial score (nSPS) is 11.4. The summed E-state index contributed by atoms with van der Waals surface area (Å²) in [4.78, 5) is 14.2. The third kappa shape index (κ3) is 4.52. The minimum absolute atomic E-state index is 0.0140. The maximum absolute atomic E-state index is 11.8. The standard InChI is InChI=1S/C9H8F3NO2S/c10-9(11,12)3-4-16-7-2-1-6(5-13-7)8(14)15/h1-2,5H,3-4H2,(H,14,15). The zero-order valence-electron chi connectivity index (χ0n) is 7.99. The maximum atomic E-state index is 11.8. The third-order valence-electron chi connectivity index (χ3n) is 1.62. The van der Waals surface area contributed by atoms with Gasteiger partial charge in [0.05, 0.1) is 17.0 Å². The van der Waals surface area contributed by atoms with Crippen LogP contribution in [-0.2, 0) is 0 Å². The first-order valence-electron chi connectivity index (χ1n) is 4.27. The molecule has 7 heteroatoms. The number of pyridine rings is 1. The van der Waals surface area contributed by atoms with E-state index in [4.69, 9.17) is 5.11 Å². The van der Waals surface area contributed by atoms with Crippen LogP contribution in [0, 0.1) is 0 Å². The van der Waals surface area contributed by atoms with E-state index in [1.165, 1.54) is 12.1 Å². The molecule has 3 nitrogen and oxygen atoms in total. The zero-order valence-corrected chi connectivity index (χ0v) is 8.81. The molecule has 0 saturated heterocycles. The predicted molar refractivity (Wildman–Crippen MR) is 52.6 cm³/mol. The zero-order chi connectivity index (χ0) is 12.2. The quantitative estimate of drug-likeness (QED) is 0.836. The van der Waals surface area contributed by atoms with E-state index in [1.807, 2.05) is 0 Å². The average Bonchev–Trinajstić information content (AvgIpc) is 2.16. The van der Waals surface area contributed by atoms with Crippen molar-refractivity contribution >= 4 is 17.7 Å². The van der Waals surface area contributed by atoms with Gasteiger partial charge in [-0.3, -0.25) is 0 Å². The molecule has 0 aliphatic carbocycles. The number of nitrogens with zero attached hydrogens (tertiary/aromatic N) is 1. The summed E-state index contributed by atoms with van der Waals surface area (Å²) in [7, 11) is 0. The fraction of sp³-hybridized carbons (Fsp3) is 0.333. The minimum atomic E-state index is -4.17. The molecule has 0 amide bonds. The first kappa shape index (κ1) is 12.8. The van der Waals surface area contributed by atoms with E-state index in [9.17, 15) is 18.0 Å². The fourth-order valence-electron chi connectivity index (χ4n) is 0.864. The van der Waals surface area contributed by atoms with Crippen molar-refractivity contribution in [2.45, 2.75) is 17.6 Å². The van der Waals surface area contributed by atoms with Gasteiger partial charge >= 0.3 is 12.1 Å². The van der Waals surface area contributed by atoms with Crippen molar-refractivity contribution in [3.8, 4) is 0 Å². The van der Waals surface area contributed by atoms with Gasteiger partial charge in [-0.15, -0.1) is 11.8 Å². The molecule has 0 unspecified atom stereocenters. The summed E-state index contributed by atoms with van der Waals surface area (Å²) in [6.07, 6.45) is -3.94. The Labute approximate surface area is 93.7 Å². The molecule has 0 aliphatic heterocycles. The van der Waals surface area contributed by atoms with Gasteiger partial charge in [0.1, 0.15) is 0 Å². The number of halogens is 3. The van der Waals surface area contributed by atoms with Crippen molar-refractivity contribution in [1.82, 2.24) is 4.98 Å². The Morgan fingerprint density at radius 3 is 2.56 bits per heavy atom. The third-order valence-corrected chi connectivity index (χ3v) is 2.56. The topological polar surface area (TPSA) is 50.2 Å². The average molecular weight is 251 g/mol. The highest BCUT2D eigenvalue weighted by atomic mass is 32.2. The van der Waals surface area contributed by atoms with Gasteiger partial charge in [0, 0.05) is 11.9 Å². The maximum Gasteiger partial charge on any atom is 0.389 e. The highest BCUT2D eigenvalue weighted by Gasteiger charge is 2.26. The summed E-state index contributed by atoms with van der Waals surface area (Å²) in [5.74, 6) is -1.23. The number of carboxylic acids is 1. The lowest BCUT2D eigenvalue weighted by molar-refractivity contribution is -0.129. The lowest BCUT2D eigenvalue weighted by Crippen LogP contribution is -2.08. The van der Waals surface area contributed by atoms with Gasteiger partial charge < -0.3 is 5.11 Å². The van der Waals surface area contributed by atoms with Crippen molar-refractivity contribution < 1.29 is 23.1 Å². The highest BCUT2D eigenvalue weighted by Crippen LogP contribution is 2.25. The van der Waals surface area contributed by atoms with E-state index in [-0.39, 0.29) is 11.3 Å². The van der Waals surface area contributed by atoms with Crippen molar-refractivity contribution in [3.05, 3.63) is 23.9 Å². The van der Waals surface area contributed by atoms with Crippen molar-refractivity contribution in [2.24, 2.45) is 0 Å². The van der Waals surface area contributed by atoms with Crippen molar-refractivity contribution in [3.63, 3.8) is 0 Å². The number of aromatic carboxylic acids is 1. The number of rotatable bonds is 4. The second-order valence-electron chi connectivity index (χ2n) is 2.90. The summed E-state index contributed by atoms with van der Waals surface area (Å²) in [5, 5.41) is 8.95. The molecule has 0 bridgehead atoms. The van der Waals surface area contributed by atoms with Crippen LogP contribution in [0.15, 0.2) is 23.4 Å². The number of carbonyl (C=O) groups is 1. The molecular weight excluding hydrogens is 243 g/mol. The first-order chi connectivity index (χ1) is 7.38. The molecule has 0 spiro atoms. The molecule has 88 valence electrons. The van der Waals surface area contributed by atoms with Crippen LogP contribution in [0.25, 0.3) is 0 Å². The Kier molecular flexibility index (Phi) is 4.17. The molecule has 0 radical (unpaired) electrons. The largest absolute Gasteiger partial charge is 0.478 e. The smallest absolute Gasteiger partial charge is 0.389 e. The molecule has 1 N–H and O–H groups in total. The Morgan fingerprint density at radius 1 is 1.44 bits per heavy atom.